The van der Waals surface area contributed by atoms with Crippen molar-refractivity contribution in [2.45, 2.75) is 38.5 Å². The second kappa shape index (κ2) is 11.0. The predicted molar refractivity (Wildman–Crippen MR) is 245 cm³/mol. The lowest BCUT2D eigenvalue weighted by Crippen LogP contribution is -2.64. The number of hydrogen-bond donors (Lipinski definition) is 0. The first-order valence-corrected chi connectivity index (χ1v) is 20.7. The summed E-state index contributed by atoms with van der Waals surface area (Å²) in [6, 6.07) is 63.9. The van der Waals surface area contributed by atoms with Gasteiger partial charge in [-0.1, -0.05) is 148 Å². The number of nitrogens with zero attached hydrogens (tertiary/aromatic N) is 3. The van der Waals surface area contributed by atoms with Gasteiger partial charge < -0.3 is 14.0 Å². The van der Waals surface area contributed by atoms with E-state index < -0.39 is 0 Å². The lowest BCUT2D eigenvalue weighted by Gasteiger charge is -2.45. The molecule has 58 heavy (non-hydrogen) atoms. The fourth-order valence-corrected chi connectivity index (χ4v) is 11.7. The van der Waals surface area contributed by atoms with Crippen LogP contribution in [0.3, 0.4) is 0 Å². The van der Waals surface area contributed by atoms with Crippen LogP contribution in [-0.2, 0) is 10.8 Å². The average Bonchev–Trinajstić information content (AvgIpc) is 3.77. The van der Waals surface area contributed by atoms with Crippen LogP contribution >= 0.6 is 0 Å². The maximum atomic E-state index is 2.58. The van der Waals surface area contributed by atoms with Gasteiger partial charge in [-0.15, -0.1) is 0 Å². The highest BCUT2D eigenvalue weighted by atomic mass is 15.2. The Hall–Kier alpha value is -6.78. The number of fused-ring (bicyclic) bond motifs is 13. The maximum Gasteiger partial charge on any atom is 0.247 e. The van der Waals surface area contributed by atoms with Crippen LogP contribution in [0.15, 0.2) is 170 Å². The zero-order valence-corrected chi connectivity index (χ0v) is 33.1. The van der Waals surface area contributed by atoms with E-state index in [0.717, 1.165) is 0 Å². The summed E-state index contributed by atoms with van der Waals surface area (Å²) in [6.45, 7) is 9.78. The Balaban J connectivity index is 1.19. The first-order chi connectivity index (χ1) is 28.3. The molecule has 4 heteroatoms. The molecule has 5 heterocycles. The minimum Gasteiger partial charge on any atom is -0.311 e. The molecular formula is C54H40BN3. The van der Waals surface area contributed by atoms with E-state index in [1.54, 1.807) is 0 Å². The Kier molecular flexibility index (Phi) is 6.13. The molecule has 3 aliphatic rings. The van der Waals surface area contributed by atoms with Gasteiger partial charge in [0.1, 0.15) is 0 Å². The molecule has 0 atom stereocenters. The summed E-state index contributed by atoms with van der Waals surface area (Å²) in [5, 5.41) is 5.29. The molecule has 13 rings (SSSR count). The second-order valence-corrected chi connectivity index (χ2v) is 17.7. The van der Waals surface area contributed by atoms with Crippen molar-refractivity contribution < 1.29 is 0 Å². The second-order valence-electron chi connectivity index (χ2n) is 17.7. The fraction of sp³-hybridized carbons (Fsp3) is 0.111. The molecule has 3 nitrogen and oxygen atoms in total. The summed E-state index contributed by atoms with van der Waals surface area (Å²) < 4.78 is 5.03. The van der Waals surface area contributed by atoms with Crippen LogP contribution in [0.25, 0.3) is 55.0 Å². The first-order valence-electron chi connectivity index (χ1n) is 20.7. The molecule has 0 unspecified atom stereocenters. The van der Waals surface area contributed by atoms with E-state index in [9.17, 15) is 0 Å². The Morgan fingerprint density at radius 1 is 0.414 bits per heavy atom. The Morgan fingerprint density at radius 2 is 1.07 bits per heavy atom. The molecule has 0 saturated heterocycles. The SMILES string of the molecule is CC1(C)c2cccc3c2B(c2cc4c5ccccc5n(-c5ccccc5)c4cc2N3c2ccccc2)c2ccc3c(c21)c1cccc2c1n3-c1ccccc1C2(C)C. The summed E-state index contributed by atoms with van der Waals surface area (Å²) in [7, 11) is 0. The van der Waals surface area contributed by atoms with E-state index >= 15 is 0 Å². The molecule has 0 spiro atoms. The van der Waals surface area contributed by atoms with Crippen LogP contribution in [0.1, 0.15) is 49.9 Å². The lowest BCUT2D eigenvalue weighted by molar-refractivity contribution is 0.630. The average molecular weight is 742 g/mol. The van der Waals surface area contributed by atoms with E-state index in [1.165, 1.54) is 111 Å². The molecule has 0 radical (unpaired) electrons. The van der Waals surface area contributed by atoms with Crippen molar-refractivity contribution in [1.29, 1.82) is 0 Å². The molecule has 0 fully saturated rings. The van der Waals surface area contributed by atoms with Gasteiger partial charge in [0.2, 0.25) is 6.71 Å². The van der Waals surface area contributed by atoms with Gasteiger partial charge in [0.15, 0.2) is 0 Å². The highest BCUT2D eigenvalue weighted by Gasteiger charge is 2.48. The smallest absolute Gasteiger partial charge is 0.247 e. The van der Waals surface area contributed by atoms with Crippen LogP contribution in [0.5, 0.6) is 0 Å². The van der Waals surface area contributed by atoms with Gasteiger partial charge in [-0.2, -0.15) is 0 Å². The van der Waals surface area contributed by atoms with Gasteiger partial charge in [0.05, 0.1) is 27.8 Å². The van der Waals surface area contributed by atoms with Crippen LogP contribution in [0.4, 0.5) is 17.1 Å². The minimum absolute atomic E-state index is 0.0484. The molecule has 2 aromatic heterocycles. The van der Waals surface area contributed by atoms with E-state index in [0.29, 0.717) is 0 Å². The largest absolute Gasteiger partial charge is 0.311 e. The Morgan fingerprint density at radius 3 is 1.90 bits per heavy atom. The normalized spacial score (nSPS) is 15.4. The third kappa shape index (κ3) is 3.86. The molecule has 0 bridgehead atoms. The third-order valence-electron chi connectivity index (χ3n) is 14.1. The van der Waals surface area contributed by atoms with Crippen LogP contribution in [-0.4, -0.2) is 15.8 Å². The number of rotatable bonds is 2. The predicted octanol–water partition coefficient (Wildman–Crippen LogP) is 11.5. The highest BCUT2D eigenvalue weighted by molar-refractivity contribution is 6.99. The van der Waals surface area contributed by atoms with Crippen LogP contribution < -0.4 is 21.3 Å². The van der Waals surface area contributed by atoms with Gasteiger partial charge in [-0.05, 0) is 87.8 Å². The van der Waals surface area contributed by atoms with Gasteiger partial charge in [0.25, 0.3) is 0 Å². The molecule has 0 amide bonds. The van der Waals surface area contributed by atoms with Crippen molar-refractivity contribution in [3.05, 3.63) is 192 Å². The number of aromatic nitrogens is 2. The van der Waals surface area contributed by atoms with E-state index in [-0.39, 0.29) is 17.5 Å². The summed E-state index contributed by atoms with van der Waals surface area (Å²) in [6.07, 6.45) is 0. The summed E-state index contributed by atoms with van der Waals surface area (Å²) in [4.78, 5) is 2.54. The Labute approximate surface area is 338 Å². The summed E-state index contributed by atoms with van der Waals surface area (Å²) in [5.74, 6) is 0. The van der Waals surface area contributed by atoms with Gasteiger partial charge in [-0.3, -0.25) is 0 Å². The van der Waals surface area contributed by atoms with Gasteiger partial charge in [-0.25, -0.2) is 0 Å². The minimum atomic E-state index is -0.276. The zero-order chi connectivity index (χ0) is 38.7. The molecular weight excluding hydrogens is 701 g/mol. The number of hydrogen-bond acceptors (Lipinski definition) is 1. The quantitative estimate of drug-likeness (QED) is 0.161. The van der Waals surface area contributed by atoms with E-state index in [1.807, 2.05) is 0 Å². The third-order valence-corrected chi connectivity index (χ3v) is 14.1. The van der Waals surface area contributed by atoms with Crippen molar-refractivity contribution in [1.82, 2.24) is 9.13 Å². The standard InChI is InChI=1S/C54H40BN3/c1-53(2)38-23-12-14-27-44(38)58-45-30-29-41-50(49(45)36-22-15-25-40(53)52(36)58)54(3,4)39-24-16-28-46-51(39)55(41)42-31-37-35-21-11-13-26-43(35)56(33-17-7-5-8-18-33)47(37)32-48(42)57(46)34-19-9-6-10-20-34/h5-32H,1-4H3. The molecule has 10 aromatic rings. The molecule has 274 valence electrons. The Bertz CT molecular complexity index is 3400. The van der Waals surface area contributed by atoms with Crippen LogP contribution in [0.2, 0.25) is 0 Å². The van der Waals surface area contributed by atoms with E-state index in [4.69, 9.17) is 0 Å². The van der Waals surface area contributed by atoms with Crippen molar-refractivity contribution in [2.24, 2.45) is 0 Å². The van der Waals surface area contributed by atoms with Crippen molar-refractivity contribution >= 4 is 83.8 Å². The number of para-hydroxylation sites is 5. The monoisotopic (exact) mass is 741 g/mol. The van der Waals surface area contributed by atoms with Crippen molar-refractivity contribution in [3.8, 4) is 11.4 Å². The highest BCUT2D eigenvalue weighted by Crippen LogP contribution is 2.51. The molecule has 3 aliphatic heterocycles. The van der Waals surface area contributed by atoms with Gasteiger partial charge >= 0.3 is 0 Å². The maximum absolute atomic E-state index is 2.58. The molecule has 8 aromatic carbocycles. The van der Waals surface area contributed by atoms with E-state index in [2.05, 4.69) is 212 Å². The topological polar surface area (TPSA) is 13.1 Å². The van der Waals surface area contributed by atoms with Crippen molar-refractivity contribution in [2.75, 3.05) is 4.90 Å². The summed E-state index contributed by atoms with van der Waals surface area (Å²) >= 11 is 0. The first kappa shape index (κ1) is 32.3. The fourth-order valence-electron chi connectivity index (χ4n) is 11.7. The number of benzene rings is 8. The molecule has 0 saturated carbocycles. The lowest BCUT2D eigenvalue weighted by atomic mass is 9.30. The zero-order valence-electron chi connectivity index (χ0n) is 33.1. The van der Waals surface area contributed by atoms with Crippen LogP contribution in [0, 0.1) is 0 Å². The molecule has 0 N–H and O–H groups in total. The number of anilines is 3. The van der Waals surface area contributed by atoms with Gasteiger partial charge in [0, 0.05) is 55.1 Å². The summed E-state index contributed by atoms with van der Waals surface area (Å²) in [5.41, 5.74) is 20.6. The van der Waals surface area contributed by atoms with Crippen molar-refractivity contribution in [3.63, 3.8) is 0 Å². The molecule has 0 aliphatic carbocycles.